The molecule has 0 fully saturated rings. The lowest BCUT2D eigenvalue weighted by Crippen LogP contribution is -2.42. The van der Waals surface area contributed by atoms with Crippen LogP contribution in [0.2, 0.25) is 0 Å². The van der Waals surface area contributed by atoms with E-state index >= 15 is 0 Å². The van der Waals surface area contributed by atoms with Crippen molar-refractivity contribution in [1.82, 2.24) is 4.90 Å². The fraction of sp³-hybridized carbons (Fsp3) is 0.467. The predicted octanol–water partition coefficient (Wildman–Crippen LogP) is 2.05. The number of hydrogen-bond acceptors (Lipinski definition) is 3. The number of unbranched alkanes of at least 4 members (excludes halogenated alkanes) is 2. The molecule has 0 aliphatic rings. The average molecular weight is 332 g/mol. The van der Waals surface area contributed by atoms with Gasteiger partial charge in [-0.25, -0.2) is 13.2 Å². The van der Waals surface area contributed by atoms with Crippen LogP contribution in [0.15, 0.2) is 12.1 Å². The van der Waals surface area contributed by atoms with Gasteiger partial charge in [-0.3, -0.25) is 9.59 Å². The maximum atomic E-state index is 13.5. The minimum absolute atomic E-state index is 0.0454. The van der Waals surface area contributed by atoms with E-state index in [4.69, 9.17) is 5.11 Å². The highest BCUT2D eigenvalue weighted by Gasteiger charge is 2.23. The Morgan fingerprint density at radius 1 is 1.13 bits per heavy atom. The van der Waals surface area contributed by atoms with Gasteiger partial charge in [0.25, 0.3) is 0 Å². The summed E-state index contributed by atoms with van der Waals surface area (Å²) in [4.78, 5) is 25.0. The van der Waals surface area contributed by atoms with Crippen LogP contribution in [-0.2, 0) is 9.59 Å². The number of halogens is 3. The van der Waals surface area contributed by atoms with Crippen LogP contribution in [-0.4, -0.2) is 41.5 Å². The first-order valence-corrected chi connectivity index (χ1v) is 7.27. The number of carbonyl (C=O) groups is 2. The average Bonchev–Trinajstić information content (AvgIpc) is 2.54. The minimum Gasteiger partial charge on any atom is -0.395 e. The van der Waals surface area contributed by atoms with Gasteiger partial charge in [-0.1, -0.05) is 19.8 Å². The second kappa shape index (κ2) is 9.14. The van der Waals surface area contributed by atoms with Crippen molar-refractivity contribution in [2.75, 3.05) is 25.0 Å². The van der Waals surface area contributed by atoms with E-state index in [2.05, 4.69) is 0 Å². The van der Waals surface area contributed by atoms with E-state index in [1.165, 1.54) is 0 Å². The molecule has 1 aromatic rings. The highest BCUT2D eigenvalue weighted by atomic mass is 19.2. The Hall–Kier alpha value is -2.09. The molecule has 0 saturated carbocycles. The van der Waals surface area contributed by atoms with Crippen LogP contribution in [0.3, 0.4) is 0 Å². The van der Waals surface area contributed by atoms with Crippen LogP contribution in [0.25, 0.3) is 0 Å². The predicted molar refractivity (Wildman–Crippen MR) is 78.1 cm³/mol. The Morgan fingerprint density at radius 3 is 2.43 bits per heavy atom. The molecule has 0 saturated heterocycles. The number of aliphatic hydroxyl groups is 1. The Bertz CT molecular complexity index is 567. The van der Waals surface area contributed by atoms with Gasteiger partial charge in [0.1, 0.15) is 0 Å². The van der Waals surface area contributed by atoms with Crippen LogP contribution in [0.5, 0.6) is 0 Å². The summed E-state index contributed by atoms with van der Waals surface area (Å²) in [7, 11) is 0. The summed E-state index contributed by atoms with van der Waals surface area (Å²) in [6.45, 7) is 1.86. The molecule has 0 spiro atoms. The zero-order valence-corrected chi connectivity index (χ0v) is 12.7. The first-order valence-electron chi connectivity index (χ1n) is 7.27. The van der Waals surface area contributed by atoms with Crippen LogP contribution in [0.4, 0.5) is 18.9 Å². The lowest BCUT2D eigenvalue weighted by atomic mass is 10.2. The summed E-state index contributed by atoms with van der Waals surface area (Å²) >= 11 is 0. The summed E-state index contributed by atoms with van der Waals surface area (Å²) in [5.41, 5.74) is -0.625. The lowest BCUT2D eigenvalue weighted by molar-refractivity contribution is -0.143. The summed E-state index contributed by atoms with van der Waals surface area (Å²) in [5, 5.41) is 10.9. The van der Waals surface area contributed by atoms with Crippen LogP contribution in [0.1, 0.15) is 26.2 Å². The highest BCUT2D eigenvalue weighted by molar-refractivity contribution is 6.39. The van der Waals surface area contributed by atoms with Gasteiger partial charge < -0.3 is 15.3 Å². The van der Waals surface area contributed by atoms with Crippen molar-refractivity contribution in [1.29, 1.82) is 0 Å². The molecule has 0 bridgehead atoms. The third-order valence-electron chi connectivity index (χ3n) is 3.17. The molecule has 0 radical (unpaired) electrons. The number of rotatable bonds is 7. The van der Waals surface area contributed by atoms with Crippen LogP contribution in [0, 0.1) is 17.5 Å². The number of carbonyl (C=O) groups excluding carboxylic acids is 2. The van der Waals surface area contributed by atoms with E-state index in [-0.39, 0.29) is 19.7 Å². The van der Waals surface area contributed by atoms with Crippen molar-refractivity contribution < 1.29 is 27.9 Å². The fourth-order valence-corrected chi connectivity index (χ4v) is 1.93. The Kier molecular flexibility index (Phi) is 7.53. The standard InChI is InChI=1S/C15H19F3N2O3/c1-2-3-4-7-20(8-9-21)15(23)14(22)19-11-6-5-10(16)12(17)13(11)18/h5-6,21H,2-4,7-9H2,1H3,(H,19,22). The van der Waals surface area contributed by atoms with E-state index in [1.807, 2.05) is 12.2 Å². The van der Waals surface area contributed by atoms with Gasteiger partial charge in [0, 0.05) is 13.1 Å². The molecule has 5 nitrogen and oxygen atoms in total. The Balaban J connectivity index is 2.78. The van der Waals surface area contributed by atoms with Gasteiger partial charge in [-0.15, -0.1) is 0 Å². The van der Waals surface area contributed by atoms with Gasteiger partial charge in [0.15, 0.2) is 17.5 Å². The van der Waals surface area contributed by atoms with Crippen molar-refractivity contribution in [3.8, 4) is 0 Å². The largest absolute Gasteiger partial charge is 0.395 e. The molecule has 2 N–H and O–H groups in total. The zero-order valence-electron chi connectivity index (χ0n) is 12.7. The number of anilines is 1. The van der Waals surface area contributed by atoms with Crippen LogP contribution < -0.4 is 5.32 Å². The molecular weight excluding hydrogens is 313 g/mol. The first kappa shape index (κ1) is 19.0. The molecule has 2 amide bonds. The number of hydrogen-bond donors (Lipinski definition) is 2. The molecule has 0 aliphatic carbocycles. The van der Waals surface area contributed by atoms with Gasteiger partial charge >= 0.3 is 11.8 Å². The number of nitrogens with zero attached hydrogens (tertiary/aromatic N) is 1. The van der Waals surface area contributed by atoms with Crippen molar-refractivity contribution >= 4 is 17.5 Å². The Labute approximate surface area is 132 Å². The second-order valence-electron chi connectivity index (χ2n) is 4.90. The van der Waals surface area contributed by atoms with Gasteiger partial charge in [0.2, 0.25) is 0 Å². The quantitative estimate of drug-likeness (QED) is 0.456. The highest BCUT2D eigenvalue weighted by Crippen LogP contribution is 2.19. The second-order valence-corrected chi connectivity index (χ2v) is 4.90. The molecule has 0 heterocycles. The van der Waals surface area contributed by atoms with Gasteiger partial charge in [-0.05, 0) is 18.6 Å². The molecule has 1 rings (SSSR count). The molecule has 0 aliphatic heterocycles. The van der Waals surface area contributed by atoms with E-state index in [1.54, 1.807) is 0 Å². The Morgan fingerprint density at radius 2 is 1.83 bits per heavy atom. The van der Waals surface area contributed by atoms with E-state index in [9.17, 15) is 22.8 Å². The number of nitrogens with one attached hydrogen (secondary N) is 1. The molecule has 0 aromatic heterocycles. The summed E-state index contributed by atoms with van der Waals surface area (Å²) in [6.07, 6.45) is 2.40. The van der Waals surface area contributed by atoms with Gasteiger partial charge in [0.05, 0.1) is 12.3 Å². The number of benzene rings is 1. The molecular formula is C15H19F3N2O3. The fourth-order valence-electron chi connectivity index (χ4n) is 1.93. The van der Waals surface area contributed by atoms with E-state index in [0.29, 0.717) is 12.5 Å². The van der Waals surface area contributed by atoms with E-state index < -0.39 is 35.0 Å². The smallest absolute Gasteiger partial charge is 0.313 e. The third kappa shape index (κ3) is 5.24. The first-order chi connectivity index (χ1) is 10.9. The molecule has 8 heteroatoms. The lowest BCUT2D eigenvalue weighted by Gasteiger charge is -2.21. The van der Waals surface area contributed by atoms with Crippen molar-refractivity contribution in [2.24, 2.45) is 0 Å². The number of aliphatic hydroxyl groups excluding tert-OH is 1. The normalized spacial score (nSPS) is 10.5. The molecule has 23 heavy (non-hydrogen) atoms. The van der Waals surface area contributed by atoms with Crippen LogP contribution >= 0.6 is 0 Å². The summed E-state index contributed by atoms with van der Waals surface area (Å²) in [6, 6.07) is 1.47. The molecule has 1 aromatic carbocycles. The summed E-state index contributed by atoms with van der Waals surface area (Å²) < 4.78 is 39.4. The molecule has 0 atom stereocenters. The SMILES string of the molecule is CCCCCN(CCO)C(=O)C(=O)Nc1ccc(F)c(F)c1F. The maximum Gasteiger partial charge on any atom is 0.313 e. The topological polar surface area (TPSA) is 69.6 Å². The monoisotopic (exact) mass is 332 g/mol. The van der Waals surface area contributed by atoms with Crippen molar-refractivity contribution in [3.05, 3.63) is 29.6 Å². The molecule has 0 unspecified atom stereocenters. The minimum atomic E-state index is -1.73. The van der Waals surface area contributed by atoms with Crippen molar-refractivity contribution in [3.63, 3.8) is 0 Å². The maximum absolute atomic E-state index is 13.5. The summed E-state index contributed by atoms with van der Waals surface area (Å²) in [5.74, 6) is -6.86. The zero-order chi connectivity index (χ0) is 17.4. The third-order valence-corrected chi connectivity index (χ3v) is 3.17. The van der Waals surface area contributed by atoms with Gasteiger partial charge in [-0.2, -0.15) is 0 Å². The molecule has 128 valence electrons. The number of amides is 2. The van der Waals surface area contributed by atoms with Crippen molar-refractivity contribution in [2.45, 2.75) is 26.2 Å². The van der Waals surface area contributed by atoms with E-state index in [0.717, 1.165) is 23.8 Å².